The molecule has 4 aromatic rings. The number of fused-ring (bicyclic) bond motifs is 1. The summed E-state index contributed by atoms with van der Waals surface area (Å²) in [5.41, 5.74) is 15.2. The van der Waals surface area contributed by atoms with Crippen molar-refractivity contribution in [2.75, 3.05) is 5.73 Å². The number of rotatable bonds is 5. The van der Waals surface area contributed by atoms with Gasteiger partial charge in [0, 0.05) is 21.7 Å². The Kier molecular flexibility index (Phi) is 5.14. The molecule has 142 valence electrons. The number of benzene rings is 3. The summed E-state index contributed by atoms with van der Waals surface area (Å²) >= 11 is 4.57. The first-order valence-corrected chi connectivity index (χ1v) is 10.1. The van der Waals surface area contributed by atoms with E-state index < -0.39 is 0 Å². The Morgan fingerprint density at radius 1 is 0.929 bits per heavy atom. The zero-order valence-electron chi connectivity index (χ0n) is 16.3. The van der Waals surface area contributed by atoms with Crippen molar-refractivity contribution in [2.24, 2.45) is 0 Å². The highest BCUT2D eigenvalue weighted by molar-refractivity contribution is 7.80. The highest BCUT2D eigenvalue weighted by atomic mass is 32.1. The molecule has 0 aliphatic heterocycles. The van der Waals surface area contributed by atoms with E-state index in [1.54, 1.807) is 0 Å². The molecule has 0 aliphatic carbocycles. The Balaban J connectivity index is 1.70. The van der Waals surface area contributed by atoms with Crippen molar-refractivity contribution in [3.05, 3.63) is 76.9 Å². The van der Waals surface area contributed by atoms with Crippen molar-refractivity contribution in [1.82, 2.24) is 9.97 Å². The average molecular weight is 388 g/mol. The number of nitrogens with two attached hydrogens (primary N) is 1. The van der Waals surface area contributed by atoms with Gasteiger partial charge in [0.25, 0.3) is 0 Å². The van der Waals surface area contributed by atoms with Crippen LogP contribution >= 0.6 is 12.6 Å². The largest absolute Gasteiger partial charge is 0.398 e. The topological polar surface area (TPSA) is 54.7 Å². The smallest absolute Gasteiger partial charge is 0.138 e. The van der Waals surface area contributed by atoms with Crippen LogP contribution in [0.5, 0.6) is 0 Å². The van der Waals surface area contributed by atoms with Crippen LogP contribution in [0.3, 0.4) is 0 Å². The van der Waals surface area contributed by atoms with Gasteiger partial charge in [-0.2, -0.15) is 0 Å². The molecule has 0 radical (unpaired) electrons. The summed E-state index contributed by atoms with van der Waals surface area (Å²) < 4.78 is 0. The molecule has 0 atom stereocenters. The lowest BCUT2D eigenvalue weighted by Crippen LogP contribution is -2.02. The Bertz CT molecular complexity index is 1130. The van der Waals surface area contributed by atoms with Gasteiger partial charge in [-0.1, -0.05) is 48.5 Å². The lowest BCUT2D eigenvalue weighted by Gasteiger charge is -2.13. The van der Waals surface area contributed by atoms with Crippen LogP contribution in [0.1, 0.15) is 28.7 Å². The molecule has 0 bridgehead atoms. The van der Waals surface area contributed by atoms with Gasteiger partial charge in [0.05, 0.1) is 11.0 Å². The maximum atomic E-state index is 6.44. The lowest BCUT2D eigenvalue weighted by molar-refractivity contribution is 0.809. The summed E-state index contributed by atoms with van der Waals surface area (Å²) in [5.74, 6) is 0.894. The van der Waals surface area contributed by atoms with E-state index in [2.05, 4.69) is 55.7 Å². The first kappa shape index (κ1) is 18.6. The van der Waals surface area contributed by atoms with Crippen molar-refractivity contribution >= 4 is 29.3 Å². The van der Waals surface area contributed by atoms with Gasteiger partial charge in [-0.3, -0.25) is 0 Å². The van der Waals surface area contributed by atoms with E-state index in [0.717, 1.165) is 63.4 Å². The predicted octanol–water partition coefficient (Wildman–Crippen LogP) is 5.89. The predicted molar refractivity (Wildman–Crippen MR) is 121 cm³/mol. The summed E-state index contributed by atoms with van der Waals surface area (Å²) in [4.78, 5) is 9.50. The molecule has 0 saturated carbocycles. The van der Waals surface area contributed by atoms with Gasteiger partial charge in [0.15, 0.2) is 0 Å². The Labute approximate surface area is 171 Å². The average Bonchev–Trinajstić information content (AvgIpc) is 3.16. The Morgan fingerprint density at radius 3 is 2.39 bits per heavy atom. The normalized spacial score (nSPS) is 11.2. The number of nitrogens with zero attached hydrogens (tertiary/aromatic N) is 1. The fourth-order valence-electron chi connectivity index (χ4n) is 3.84. The number of aromatic amines is 1. The standard InChI is InChI=1S/C24H25N3S/c1-15-19(13-8-12-17-9-6-7-14-20(17)28)23-22(16(2)21(15)25)26-24(27-23)18-10-4-3-5-11-18/h3-7,9-11,14,28H,8,12-13,25H2,1-2H3,(H,26,27). The molecular formula is C24H25N3S. The molecule has 0 amide bonds. The molecule has 3 nitrogen and oxygen atoms in total. The Morgan fingerprint density at radius 2 is 1.64 bits per heavy atom. The zero-order chi connectivity index (χ0) is 19.7. The number of H-pyrrole nitrogens is 1. The molecule has 0 unspecified atom stereocenters. The van der Waals surface area contributed by atoms with Crippen molar-refractivity contribution in [3.8, 4) is 11.4 Å². The first-order valence-electron chi connectivity index (χ1n) is 9.65. The summed E-state index contributed by atoms with van der Waals surface area (Å²) in [6, 6.07) is 18.5. The minimum atomic E-state index is 0.850. The summed E-state index contributed by atoms with van der Waals surface area (Å²) in [7, 11) is 0. The second-order valence-electron chi connectivity index (χ2n) is 7.30. The summed E-state index contributed by atoms with van der Waals surface area (Å²) in [6.45, 7) is 4.17. The van der Waals surface area contributed by atoms with E-state index in [0.29, 0.717) is 0 Å². The summed E-state index contributed by atoms with van der Waals surface area (Å²) in [6.07, 6.45) is 2.98. The molecular weight excluding hydrogens is 362 g/mol. The number of aryl methyl sites for hydroxylation is 3. The van der Waals surface area contributed by atoms with Crippen molar-refractivity contribution in [1.29, 1.82) is 0 Å². The van der Waals surface area contributed by atoms with Crippen molar-refractivity contribution < 1.29 is 0 Å². The monoisotopic (exact) mass is 387 g/mol. The van der Waals surface area contributed by atoms with Crippen LogP contribution in [0.4, 0.5) is 5.69 Å². The number of imidazole rings is 1. The molecule has 1 aromatic heterocycles. The lowest BCUT2D eigenvalue weighted by atomic mass is 9.95. The minimum absolute atomic E-state index is 0.850. The Hall–Kier alpha value is -2.72. The van der Waals surface area contributed by atoms with Crippen LogP contribution in [0.15, 0.2) is 59.5 Å². The number of hydrogen-bond donors (Lipinski definition) is 3. The van der Waals surface area contributed by atoms with Crippen LogP contribution in [-0.4, -0.2) is 9.97 Å². The number of anilines is 1. The molecule has 0 fully saturated rings. The molecule has 4 rings (SSSR count). The van der Waals surface area contributed by atoms with Gasteiger partial charge in [0.2, 0.25) is 0 Å². The molecule has 0 spiro atoms. The molecule has 1 heterocycles. The van der Waals surface area contributed by atoms with Gasteiger partial charge in [-0.15, -0.1) is 12.6 Å². The molecule has 4 heteroatoms. The second-order valence-corrected chi connectivity index (χ2v) is 7.78. The van der Waals surface area contributed by atoms with E-state index in [1.165, 1.54) is 11.1 Å². The van der Waals surface area contributed by atoms with E-state index in [-0.39, 0.29) is 0 Å². The fourth-order valence-corrected chi connectivity index (χ4v) is 4.12. The van der Waals surface area contributed by atoms with E-state index in [4.69, 9.17) is 10.7 Å². The van der Waals surface area contributed by atoms with Gasteiger partial charge in [-0.05, 0) is 55.9 Å². The zero-order valence-corrected chi connectivity index (χ0v) is 17.2. The number of hydrogen-bond acceptors (Lipinski definition) is 3. The van der Waals surface area contributed by atoms with Crippen LogP contribution < -0.4 is 5.73 Å². The third kappa shape index (κ3) is 3.40. The fraction of sp³-hybridized carbons (Fsp3) is 0.208. The van der Waals surface area contributed by atoms with Gasteiger partial charge in [-0.25, -0.2) is 4.98 Å². The number of thiol groups is 1. The highest BCUT2D eigenvalue weighted by Crippen LogP contribution is 2.33. The number of aromatic nitrogens is 2. The van der Waals surface area contributed by atoms with Crippen LogP contribution in [-0.2, 0) is 12.8 Å². The van der Waals surface area contributed by atoms with Crippen LogP contribution in [0, 0.1) is 13.8 Å². The van der Waals surface area contributed by atoms with E-state index in [1.807, 2.05) is 30.3 Å². The van der Waals surface area contributed by atoms with E-state index in [9.17, 15) is 0 Å². The molecule has 0 aliphatic rings. The van der Waals surface area contributed by atoms with Crippen molar-refractivity contribution in [2.45, 2.75) is 38.0 Å². The second kappa shape index (κ2) is 7.72. The van der Waals surface area contributed by atoms with Gasteiger partial charge in [0.1, 0.15) is 5.82 Å². The van der Waals surface area contributed by atoms with Gasteiger partial charge < -0.3 is 10.7 Å². The SMILES string of the molecule is Cc1c(N)c(C)c2nc(-c3ccccc3)[nH]c2c1CCCc1ccccc1S. The molecule has 3 N–H and O–H groups in total. The number of nitrogens with one attached hydrogen (secondary N) is 1. The first-order chi connectivity index (χ1) is 13.6. The molecule has 28 heavy (non-hydrogen) atoms. The molecule has 3 aromatic carbocycles. The maximum Gasteiger partial charge on any atom is 0.138 e. The minimum Gasteiger partial charge on any atom is -0.398 e. The quantitative estimate of drug-likeness (QED) is 0.295. The van der Waals surface area contributed by atoms with E-state index >= 15 is 0 Å². The third-order valence-electron chi connectivity index (χ3n) is 5.53. The van der Waals surface area contributed by atoms with Crippen LogP contribution in [0.25, 0.3) is 22.4 Å². The molecule has 0 saturated heterocycles. The van der Waals surface area contributed by atoms with Crippen LogP contribution in [0.2, 0.25) is 0 Å². The number of nitrogen functional groups attached to an aromatic ring is 1. The van der Waals surface area contributed by atoms with Crippen molar-refractivity contribution in [3.63, 3.8) is 0 Å². The maximum absolute atomic E-state index is 6.44. The van der Waals surface area contributed by atoms with Gasteiger partial charge >= 0.3 is 0 Å². The third-order valence-corrected chi connectivity index (χ3v) is 5.97. The highest BCUT2D eigenvalue weighted by Gasteiger charge is 2.17. The summed E-state index contributed by atoms with van der Waals surface area (Å²) in [5, 5.41) is 0.